The van der Waals surface area contributed by atoms with Crippen LogP contribution in [0.2, 0.25) is 0 Å². The molecule has 1 aliphatic rings. The van der Waals surface area contributed by atoms with E-state index in [4.69, 9.17) is 5.73 Å². The standard InChI is InChI=1S/C10H11FN2O/c11-8-2-1-6-5-13-9(10(12)14)4-7(6)3-8/h1-3,9,13H,4-5H2,(H2,12,14). The van der Waals surface area contributed by atoms with Crippen molar-refractivity contribution in [1.82, 2.24) is 5.32 Å². The Hall–Kier alpha value is -1.42. The summed E-state index contributed by atoms with van der Waals surface area (Å²) in [5.74, 6) is -0.659. The van der Waals surface area contributed by atoms with Gasteiger partial charge in [0.1, 0.15) is 5.82 Å². The molecule has 1 aliphatic heterocycles. The number of carbonyl (C=O) groups excluding carboxylic acids is 1. The van der Waals surface area contributed by atoms with Crippen LogP contribution >= 0.6 is 0 Å². The van der Waals surface area contributed by atoms with Gasteiger partial charge in [-0.2, -0.15) is 0 Å². The third-order valence-electron chi connectivity index (χ3n) is 2.47. The molecule has 1 atom stereocenters. The van der Waals surface area contributed by atoms with Crippen molar-refractivity contribution in [3.05, 3.63) is 35.1 Å². The molecule has 74 valence electrons. The summed E-state index contributed by atoms with van der Waals surface area (Å²) in [7, 11) is 0. The molecule has 0 aliphatic carbocycles. The molecule has 3 nitrogen and oxygen atoms in total. The third-order valence-corrected chi connectivity index (χ3v) is 2.47. The van der Waals surface area contributed by atoms with Crippen molar-refractivity contribution in [3.8, 4) is 0 Å². The summed E-state index contributed by atoms with van der Waals surface area (Å²) in [6.07, 6.45) is 0.475. The molecule has 0 bridgehead atoms. The quantitative estimate of drug-likeness (QED) is 0.676. The molecule has 14 heavy (non-hydrogen) atoms. The summed E-state index contributed by atoms with van der Waals surface area (Å²) < 4.78 is 12.9. The molecule has 4 heteroatoms. The molecular weight excluding hydrogens is 183 g/mol. The van der Waals surface area contributed by atoms with E-state index >= 15 is 0 Å². The first-order chi connectivity index (χ1) is 6.66. The first kappa shape index (κ1) is 9.15. The van der Waals surface area contributed by atoms with E-state index in [1.54, 1.807) is 6.07 Å². The maximum atomic E-state index is 12.9. The van der Waals surface area contributed by atoms with Crippen molar-refractivity contribution >= 4 is 5.91 Å². The van der Waals surface area contributed by atoms with Crippen LogP contribution in [0.15, 0.2) is 18.2 Å². The fraction of sp³-hybridized carbons (Fsp3) is 0.300. The van der Waals surface area contributed by atoms with Crippen molar-refractivity contribution in [3.63, 3.8) is 0 Å². The van der Waals surface area contributed by atoms with E-state index in [0.29, 0.717) is 13.0 Å². The minimum atomic E-state index is -0.389. The zero-order chi connectivity index (χ0) is 10.1. The van der Waals surface area contributed by atoms with Gasteiger partial charge in [0.25, 0.3) is 0 Å². The lowest BCUT2D eigenvalue weighted by molar-refractivity contribution is -0.120. The van der Waals surface area contributed by atoms with Crippen molar-refractivity contribution in [2.24, 2.45) is 5.73 Å². The summed E-state index contributed by atoms with van der Waals surface area (Å²) in [4.78, 5) is 10.9. The van der Waals surface area contributed by atoms with Gasteiger partial charge in [0.2, 0.25) is 5.91 Å². The van der Waals surface area contributed by atoms with E-state index in [1.165, 1.54) is 12.1 Å². The van der Waals surface area contributed by atoms with Gasteiger partial charge < -0.3 is 11.1 Å². The number of rotatable bonds is 1. The van der Waals surface area contributed by atoms with Gasteiger partial charge in [0.05, 0.1) is 6.04 Å². The lowest BCUT2D eigenvalue weighted by atomic mass is 9.95. The van der Waals surface area contributed by atoms with Crippen LogP contribution in [0.25, 0.3) is 0 Å². The van der Waals surface area contributed by atoms with Crippen LogP contribution in [0, 0.1) is 5.82 Å². The minimum Gasteiger partial charge on any atom is -0.368 e. The molecule has 3 N–H and O–H groups in total. The van der Waals surface area contributed by atoms with Crippen LogP contribution in [0.4, 0.5) is 4.39 Å². The first-order valence-corrected chi connectivity index (χ1v) is 4.47. The highest BCUT2D eigenvalue weighted by Crippen LogP contribution is 2.17. The Morgan fingerprint density at radius 3 is 3.00 bits per heavy atom. The van der Waals surface area contributed by atoms with E-state index in [0.717, 1.165) is 11.1 Å². The molecule has 2 rings (SSSR count). The first-order valence-electron chi connectivity index (χ1n) is 4.47. The molecule has 1 unspecified atom stereocenters. The molecule has 0 aromatic heterocycles. The number of primary amides is 1. The Morgan fingerprint density at radius 2 is 2.29 bits per heavy atom. The maximum Gasteiger partial charge on any atom is 0.234 e. The molecule has 1 aromatic carbocycles. The highest BCUT2D eigenvalue weighted by atomic mass is 19.1. The number of fused-ring (bicyclic) bond motifs is 1. The summed E-state index contributed by atoms with van der Waals surface area (Å²) in [6, 6.07) is 4.25. The molecular formula is C10H11FN2O. The average molecular weight is 194 g/mol. The van der Waals surface area contributed by atoms with Crippen LogP contribution in [0.3, 0.4) is 0 Å². The van der Waals surface area contributed by atoms with Crippen molar-refractivity contribution in [2.75, 3.05) is 0 Å². The number of halogens is 1. The predicted molar refractivity (Wildman–Crippen MR) is 49.9 cm³/mol. The number of carbonyl (C=O) groups is 1. The largest absolute Gasteiger partial charge is 0.368 e. The monoisotopic (exact) mass is 194 g/mol. The predicted octanol–water partition coefficient (Wildman–Crippen LogP) is 0.325. The topological polar surface area (TPSA) is 55.1 Å². The summed E-state index contributed by atoms with van der Waals surface area (Å²) in [6.45, 7) is 0.573. The van der Waals surface area contributed by atoms with Crippen molar-refractivity contribution in [1.29, 1.82) is 0 Å². The van der Waals surface area contributed by atoms with Gasteiger partial charge in [0, 0.05) is 6.54 Å². The highest BCUT2D eigenvalue weighted by Gasteiger charge is 2.21. The zero-order valence-corrected chi connectivity index (χ0v) is 7.59. The smallest absolute Gasteiger partial charge is 0.234 e. The zero-order valence-electron chi connectivity index (χ0n) is 7.59. The Labute approximate surface area is 81.1 Å². The molecule has 1 aromatic rings. The summed E-state index contributed by atoms with van der Waals surface area (Å²) in [5.41, 5.74) is 7.07. The average Bonchev–Trinajstić information content (AvgIpc) is 2.16. The normalized spacial score (nSPS) is 20.2. The third kappa shape index (κ3) is 1.61. The Kier molecular flexibility index (Phi) is 2.21. The Bertz CT molecular complexity index is 378. The number of hydrogen-bond acceptors (Lipinski definition) is 2. The summed E-state index contributed by atoms with van der Waals surface area (Å²) in [5, 5.41) is 3.00. The molecule has 0 saturated carbocycles. The number of hydrogen-bond donors (Lipinski definition) is 2. The molecule has 0 radical (unpaired) electrons. The molecule has 0 spiro atoms. The van der Waals surface area contributed by atoms with Crippen LogP contribution in [0.1, 0.15) is 11.1 Å². The number of amides is 1. The van der Waals surface area contributed by atoms with E-state index in [2.05, 4.69) is 5.32 Å². The van der Waals surface area contributed by atoms with Gasteiger partial charge in [-0.05, 0) is 29.7 Å². The minimum absolute atomic E-state index is 0.270. The maximum absolute atomic E-state index is 12.9. The molecule has 0 fully saturated rings. The van der Waals surface area contributed by atoms with E-state index in [9.17, 15) is 9.18 Å². The van der Waals surface area contributed by atoms with Gasteiger partial charge >= 0.3 is 0 Å². The SMILES string of the molecule is NC(=O)C1Cc2cc(F)ccc2CN1. The van der Waals surface area contributed by atoms with Crippen molar-refractivity contribution < 1.29 is 9.18 Å². The highest BCUT2D eigenvalue weighted by molar-refractivity contribution is 5.80. The summed E-state index contributed by atoms with van der Waals surface area (Å²) >= 11 is 0. The number of nitrogens with one attached hydrogen (secondary N) is 1. The van der Waals surface area contributed by atoms with Gasteiger partial charge in [-0.3, -0.25) is 4.79 Å². The Balaban J connectivity index is 2.29. The van der Waals surface area contributed by atoms with Gasteiger partial charge in [-0.15, -0.1) is 0 Å². The lowest BCUT2D eigenvalue weighted by Crippen LogP contribution is -2.45. The molecule has 1 heterocycles. The fourth-order valence-corrected chi connectivity index (χ4v) is 1.68. The second-order valence-electron chi connectivity index (χ2n) is 3.45. The van der Waals surface area contributed by atoms with E-state index < -0.39 is 0 Å². The number of benzene rings is 1. The van der Waals surface area contributed by atoms with E-state index in [1.807, 2.05) is 0 Å². The van der Waals surface area contributed by atoms with Crippen LogP contribution in [-0.2, 0) is 17.8 Å². The Morgan fingerprint density at radius 1 is 1.50 bits per heavy atom. The fourth-order valence-electron chi connectivity index (χ4n) is 1.68. The second-order valence-corrected chi connectivity index (χ2v) is 3.45. The van der Waals surface area contributed by atoms with Gasteiger partial charge in [0.15, 0.2) is 0 Å². The lowest BCUT2D eigenvalue weighted by Gasteiger charge is -2.23. The van der Waals surface area contributed by atoms with Crippen LogP contribution < -0.4 is 11.1 Å². The van der Waals surface area contributed by atoms with Crippen molar-refractivity contribution in [2.45, 2.75) is 19.0 Å². The van der Waals surface area contributed by atoms with Gasteiger partial charge in [-0.1, -0.05) is 6.07 Å². The molecule has 1 amide bonds. The number of nitrogens with two attached hydrogens (primary N) is 1. The second kappa shape index (κ2) is 3.38. The van der Waals surface area contributed by atoms with Gasteiger partial charge in [-0.25, -0.2) is 4.39 Å². The molecule has 0 saturated heterocycles. The van der Waals surface area contributed by atoms with Crippen LogP contribution in [0.5, 0.6) is 0 Å². The van der Waals surface area contributed by atoms with Crippen LogP contribution in [-0.4, -0.2) is 11.9 Å². The van der Waals surface area contributed by atoms with E-state index in [-0.39, 0.29) is 17.8 Å².